The van der Waals surface area contributed by atoms with Gasteiger partial charge in [-0.3, -0.25) is 0 Å². The maximum atomic E-state index is 14.8. The van der Waals surface area contributed by atoms with Crippen LogP contribution in [0.5, 0.6) is 0 Å². The van der Waals surface area contributed by atoms with Gasteiger partial charge < -0.3 is 0 Å². The fraction of sp³-hybridized carbons (Fsp3) is 0.105. The fourth-order valence-corrected chi connectivity index (χ4v) is 3.16. The minimum Gasteiger partial charge on any atom is -0.222 e. The van der Waals surface area contributed by atoms with Crippen molar-refractivity contribution in [1.82, 2.24) is 4.98 Å². The van der Waals surface area contributed by atoms with Crippen LogP contribution in [0.3, 0.4) is 0 Å². The molecule has 120 valence electrons. The highest BCUT2D eigenvalue weighted by atomic mass is 19.2. The Morgan fingerprint density at radius 3 is 2.46 bits per heavy atom. The lowest BCUT2D eigenvalue weighted by molar-refractivity contribution is 0.423. The summed E-state index contributed by atoms with van der Waals surface area (Å²) in [5.41, 5.74) is 3.66. The SMILES string of the molecule is Fc1cc(Cc2ccc3c(c2F)Cc2ccccc2-3)nc(F)c1F. The van der Waals surface area contributed by atoms with E-state index in [2.05, 4.69) is 4.98 Å². The molecule has 0 aliphatic heterocycles. The molecule has 3 aromatic rings. The van der Waals surface area contributed by atoms with Gasteiger partial charge in [-0.15, -0.1) is 0 Å². The zero-order valence-electron chi connectivity index (χ0n) is 12.4. The molecule has 0 radical (unpaired) electrons. The topological polar surface area (TPSA) is 12.9 Å². The molecular formula is C19H11F4N. The van der Waals surface area contributed by atoms with Crippen LogP contribution < -0.4 is 0 Å². The van der Waals surface area contributed by atoms with Crippen molar-refractivity contribution in [2.24, 2.45) is 0 Å². The average molecular weight is 329 g/mol. The third-order valence-corrected chi connectivity index (χ3v) is 4.30. The predicted octanol–water partition coefficient (Wildman–Crippen LogP) is 4.80. The molecule has 0 bridgehead atoms. The average Bonchev–Trinajstić information content (AvgIpc) is 2.95. The van der Waals surface area contributed by atoms with Crippen LogP contribution in [0, 0.1) is 23.4 Å². The molecule has 0 unspecified atom stereocenters. The smallest absolute Gasteiger partial charge is 0.222 e. The molecular weight excluding hydrogens is 318 g/mol. The summed E-state index contributed by atoms with van der Waals surface area (Å²) in [5, 5.41) is 0. The Morgan fingerprint density at radius 1 is 0.875 bits per heavy atom. The Hall–Kier alpha value is -2.69. The maximum Gasteiger partial charge on any atom is 0.252 e. The first-order valence-electron chi connectivity index (χ1n) is 7.43. The van der Waals surface area contributed by atoms with Gasteiger partial charge in [-0.05, 0) is 28.3 Å². The normalized spacial score (nSPS) is 12.2. The molecule has 2 aromatic carbocycles. The minimum atomic E-state index is -1.62. The van der Waals surface area contributed by atoms with Crippen molar-refractivity contribution < 1.29 is 17.6 Å². The third-order valence-electron chi connectivity index (χ3n) is 4.30. The van der Waals surface area contributed by atoms with Gasteiger partial charge in [0.15, 0.2) is 5.82 Å². The van der Waals surface area contributed by atoms with Crippen LogP contribution in [0.25, 0.3) is 11.1 Å². The van der Waals surface area contributed by atoms with E-state index in [1.165, 1.54) is 0 Å². The zero-order valence-corrected chi connectivity index (χ0v) is 12.4. The third kappa shape index (κ3) is 2.28. The maximum absolute atomic E-state index is 14.8. The van der Waals surface area contributed by atoms with Gasteiger partial charge in [-0.1, -0.05) is 36.4 Å². The Labute approximate surface area is 135 Å². The van der Waals surface area contributed by atoms with Gasteiger partial charge in [0.25, 0.3) is 5.95 Å². The number of pyridine rings is 1. The van der Waals surface area contributed by atoms with E-state index in [0.29, 0.717) is 12.0 Å². The Kier molecular flexibility index (Phi) is 3.37. The Balaban J connectivity index is 1.73. The number of fused-ring (bicyclic) bond motifs is 3. The molecule has 5 heteroatoms. The molecule has 0 atom stereocenters. The molecule has 1 nitrogen and oxygen atoms in total. The predicted molar refractivity (Wildman–Crippen MR) is 81.6 cm³/mol. The van der Waals surface area contributed by atoms with E-state index in [4.69, 9.17) is 0 Å². The molecule has 0 fully saturated rings. The molecule has 0 spiro atoms. The first-order valence-corrected chi connectivity index (χ1v) is 7.43. The summed E-state index contributed by atoms with van der Waals surface area (Å²) in [6, 6.07) is 11.9. The van der Waals surface area contributed by atoms with Crippen molar-refractivity contribution in [3.05, 3.63) is 88.2 Å². The van der Waals surface area contributed by atoms with Crippen LogP contribution in [0.4, 0.5) is 17.6 Å². The number of nitrogens with zero attached hydrogens (tertiary/aromatic N) is 1. The number of aromatic nitrogens is 1. The number of hydrogen-bond acceptors (Lipinski definition) is 1. The van der Waals surface area contributed by atoms with Crippen molar-refractivity contribution in [2.75, 3.05) is 0 Å². The summed E-state index contributed by atoms with van der Waals surface area (Å²) in [5.74, 6) is -4.87. The highest BCUT2D eigenvalue weighted by molar-refractivity contribution is 5.77. The van der Waals surface area contributed by atoms with Crippen molar-refractivity contribution in [3.8, 4) is 11.1 Å². The summed E-state index contributed by atoms with van der Waals surface area (Å²) in [7, 11) is 0. The van der Waals surface area contributed by atoms with E-state index in [-0.39, 0.29) is 17.7 Å². The van der Waals surface area contributed by atoms with Crippen LogP contribution in [0.2, 0.25) is 0 Å². The van der Waals surface area contributed by atoms with E-state index in [0.717, 1.165) is 22.8 Å². The minimum absolute atomic E-state index is 0.0549. The molecule has 0 saturated heterocycles. The van der Waals surface area contributed by atoms with E-state index < -0.39 is 23.4 Å². The molecule has 0 N–H and O–H groups in total. The van der Waals surface area contributed by atoms with E-state index >= 15 is 0 Å². The van der Waals surface area contributed by atoms with Gasteiger partial charge in [0, 0.05) is 18.4 Å². The zero-order chi connectivity index (χ0) is 16.8. The second-order valence-corrected chi connectivity index (χ2v) is 5.78. The molecule has 1 aliphatic carbocycles. The van der Waals surface area contributed by atoms with Gasteiger partial charge >= 0.3 is 0 Å². The highest BCUT2D eigenvalue weighted by Gasteiger charge is 2.23. The van der Waals surface area contributed by atoms with Crippen LogP contribution >= 0.6 is 0 Å². The first-order chi connectivity index (χ1) is 11.5. The summed E-state index contributed by atoms with van der Waals surface area (Å²) in [6.45, 7) is 0. The summed E-state index contributed by atoms with van der Waals surface area (Å²) < 4.78 is 54.3. The lowest BCUT2D eigenvalue weighted by atomic mass is 10.00. The molecule has 1 aromatic heterocycles. The summed E-state index contributed by atoms with van der Waals surface area (Å²) in [6.07, 6.45) is 0.369. The standard InChI is InChI=1S/C19H11F4N/c20-16-9-12(24-19(23)18(16)22)7-11-5-6-14-13-4-2-1-3-10(13)8-15(14)17(11)21/h1-6,9H,7-8H2. The van der Waals surface area contributed by atoms with Gasteiger partial charge in [0.1, 0.15) is 5.82 Å². The molecule has 24 heavy (non-hydrogen) atoms. The van der Waals surface area contributed by atoms with Gasteiger partial charge in [0.05, 0.1) is 5.69 Å². The lowest BCUT2D eigenvalue weighted by Gasteiger charge is -2.08. The van der Waals surface area contributed by atoms with Crippen molar-refractivity contribution in [2.45, 2.75) is 12.8 Å². The van der Waals surface area contributed by atoms with Crippen LogP contribution in [-0.4, -0.2) is 4.98 Å². The van der Waals surface area contributed by atoms with E-state index in [1.54, 1.807) is 12.1 Å². The molecule has 1 aliphatic rings. The lowest BCUT2D eigenvalue weighted by Crippen LogP contribution is -2.03. The monoisotopic (exact) mass is 329 g/mol. The second-order valence-electron chi connectivity index (χ2n) is 5.78. The summed E-state index contributed by atoms with van der Waals surface area (Å²) >= 11 is 0. The second kappa shape index (κ2) is 5.44. The summed E-state index contributed by atoms with van der Waals surface area (Å²) in [4.78, 5) is 3.35. The number of benzene rings is 2. The van der Waals surface area contributed by atoms with Crippen molar-refractivity contribution >= 4 is 0 Å². The fourth-order valence-electron chi connectivity index (χ4n) is 3.16. The van der Waals surface area contributed by atoms with Gasteiger partial charge in [-0.25, -0.2) is 13.8 Å². The molecule has 0 saturated carbocycles. The largest absolute Gasteiger partial charge is 0.252 e. The first kappa shape index (κ1) is 14.9. The van der Waals surface area contributed by atoms with Gasteiger partial charge in [0.2, 0.25) is 5.82 Å². The van der Waals surface area contributed by atoms with E-state index in [9.17, 15) is 17.6 Å². The van der Waals surface area contributed by atoms with Crippen molar-refractivity contribution in [3.63, 3.8) is 0 Å². The quantitative estimate of drug-likeness (QED) is 0.380. The van der Waals surface area contributed by atoms with Crippen LogP contribution in [-0.2, 0) is 12.8 Å². The molecule has 0 amide bonds. The van der Waals surface area contributed by atoms with E-state index in [1.807, 2.05) is 24.3 Å². The van der Waals surface area contributed by atoms with Gasteiger partial charge in [-0.2, -0.15) is 8.78 Å². The molecule has 4 rings (SSSR count). The van der Waals surface area contributed by atoms with Crippen LogP contribution in [0.1, 0.15) is 22.4 Å². The number of halogens is 4. The molecule has 1 heterocycles. The Morgan fingerprint density at radius 2 is 1.67 bits per heavy atom. The highest BCUT2D eigenvalue weighted by Crippen LogP contribution is 2.38. The van der Waals surface area contributed by atoms with Crippen LogP contribution in [0.15, 0.2) is 42.5 Å². The van der Waals surface area contributed by atoms with Crippen molar-refractivity contribution in [1.29, 1.82) is 0 Å². The number of rotatable bonds is 2. The number of hydrogen-bond donors (Lipinski definition) is 0. The Bertz CT molecular complexity index is 943.